The van der Waals surface area contributed by atoms with E-state index in [1.807, 2.05) is 0 Å². The molecule has 1 aromatic heterocycles. The van der Waals surface area contributed by atoms with Gasteiger partial charge in [0.25, 0.3) is 5.91 Å². The highest BCUT2D eigenvalue weighted by atomic mass is 32.2. The maximum Gasteiger partial charge on any atom is 0.276 e. The van der Waals surface area contributed by atoms with Gasteiger partial charge in [-0.2, -0.15) is 5.26 Å². The van der Waals surface area contributed by atoms with E-state index in [2.05, 4.69) is 27.9 Å². The number of sulfonamides is 1. The number of aromatic nitrogens is 1. The third kappa shape index (κ3) is 4.34. The van der Waals surface area contributed by atoms with Gasteiger partial charge in [0.1, 0.15) is 17.6 Å². The predicted molar refractivity (Wildman–Crippen MR) is 115 cm³/mol. The molecule has 0 radical (unpaired) electrons. The van der Waals surface area contributed by atoms with Gasteiger partial charge in [0.2, 0.25) is 10.0 Å². The summed E-state index contributed by atoms with van der Waals surface area (Å²) < 4.78 is 35.3. The normalized spacial score (nSPS) is 19.9. The second-order valence-corrected chi connectivity index (χ2v) is 9.61. The molecule has 2 atom stereocenters. The standard InChI is InChI=1S/C22H22N4O5S/c1-13-3-7-16(9-15(13)10-23)24-22(28)20-21-19(11-26(20)2)32(29,30)25-17(12-31-21)18(27)8-6-14-4-5-14/h3,7,9,11,14,17-18,25,27H,4-5,12H2,1-2H3,(H,24,28). The summed E-state index contributed by atoms with van der Waals surface area (Å²) in [6, 6.07) is 5.98. The lowest BCUT2D eigenvalue weighted by atomic mass is 10.1. The van der Waals surface area contributed by atoms with Crippen molar-refractivity contribution in [3.05, 3.63) is 41.2 Å². The molecular formula is C22H22N4O5S. The molecular weight excluding hydrogens is 432 g/mol. The number of nitrogens with one attached hydrogen (secondary N) is 2. The Bertz CT molecular complexity index is 1290. The number of benzene rings is 1. The number of carbonyl (C=O) groups is 1. The molecule has 1 amide bonds. The number of nitrogens with zero attached hydrogens (tertiary/aromatic N) is 2. The number of carbonyl (C=O) groups excluding carboxylic acids is 1. The molecule has 2 aliphatic rings. The molecule has 32 heavy (non-hydrogen) atoms. The van der Waals surface area contributed by atoms with E-state index in [0.29, 0.717) is 11.3 Å². The smallest absolute Gasteiger partial charge is 0.276 e. The number of aryl methyl sites for hydroxylation is 2. The number of hydrogen-bond donors (Lipinski definition) is 3. The number of nitriles is 1. The predicted octanol–water partition coefficient (Wildman–Crippen LogP) is 1.27. The van der Waals surface area contributed by atoms with Gasteiger partial charge in [0.05, 0.1) is 17.7 Å². The van der Waals surface area contributed by atoms with Crippen LogP contribution in [0.4, 0.5) is 5.69 Å². The third-order valence-electron chi connectivity index (χ3n) is 5.33. The second-order valence-electron chi connectivity index (χ2n) is 7.92. The third-order valence-corrected chi connectivity index (χ3v) is 6.81. The van der Waals surface area contributed by atoms with Crippen LogP contribution in [0.2, 0.25) is 0 Å². The maximum absolute atomic E-state index is 13.0. The van der Waals surface area contributed by atoms with E-state index in [4.69, 9.17) is 4.74 Å². The van der Waals surface area contributed by atoms with Crippen LogP contribution in [0.15, 0.2) is 29.3 Å². The van der Waals surface area contributed by atoms with E-state index in [1.54, 1.807) is 25.1 Å². The van der Waals surface area contributed by atoms with Gasteiger partial charge in [0, 0.05) is 24.8 Å². The Morgan fingerprint density at radius 2 is 2.16 bits per heavy atom. The lowest BCUT2D eigenvalue weighted by Crippen LogP contribution is -2.45. The zero-order valence-corrected chi connectivity index (χ0v) is 18.4. The summed E-state index contributed by atoms with van der Waals surface area (Å²) in [4.78, 5) is 12.8. The van der Waals surface area contributed by atoms with Gasteiger partial charge in [-0.3, -0.25) is 4.79 Å². The van der Waals surface area contributed by atoms with Crippen LogP contribution in [0.3, 0.4) is 0 Å². The van der Waals surface area contributed by atoms with Crippen LogP contribution in [0, 0.1) is 36.0 Å². The Morgan fingerprint density at radius 3 is 2.84 bits per heavy atom. The van der Waals surface area contributed by atoms with Crippen LogP contribution in [0.1, 0.15) is 34.5 Å². The van der Waals surface area contributed by atoms with Crippen molar-refractivity contribution < 1.29 is 23.1 Å². The summed E-state index contributed by atoms with van der Waals surface area (Å²) in [5.74, 6) is 5.16. The van der Waals surface area contributed by atoms with Crippen LogP contribution in [-0.4, -0.2) is 42.8 Å². The van der Waals surface area contributed by atoms with E-state index in [0.717, 1.165) is 18.4 Å². The molecule has 2 heterocycles. The highest BCUT2D eigenvalue weighted by molar-refractivity contribution is 7.89. The van der Waals surface area contributed by atoms with Crippen molar-refractivity contribution in [2.45, 2.75) is 36.8 Å². The zero-order valence-electron chi connectivity index (χ0n) is 17.5. The minimum atomic E-state index is -4.07. The number of aliphatic hydroxyl groups excluding tert-OH is 1. The van der Waals surface area contributed by atoms with Crippen molar-refractivity contribution in [2.75, 3.05) is 11.9 Å². The van der Waals surface area contributed by atoms with Crippen LogP contribution < -0.4 is 14.8 Å². The average molecular weight is 455 g/mol. The molecule has 1 saturated carbocycles. The lowest BCUT2D eigenvalue weighted by molar-refractivity contribution is 0.101. The lowest BCUT2D eigenvalue weighted by Gasteiger charge is -2.17. The van der Waals surface area contributed by atoms with Crippen LogP contribution in [0.5, 0.6) is 5.75 Å². The molecule has 0 spiro atoms. The molecule has 9 nitrogen and oxygen atoms in total. The molecule has 1 fully saturated rings. The highest BCUT2D eigenvalue weighted by Crippen LogP contribution is 2.33. The summed E-state index contributed by atoms with van der Waals surface area (Å²) >= 11 is 0. The first-order chi connectivity index (χ1) is 15.2. The molecule has 4 rings (SSSR count). The molecule has 0 bridgehead atoms. The van der Waals surface area contributed by atoms with Gasteiger partial charge in [-0.1, -0.05) is 17.9 Å². The largest absolute Gasteiger partial charge is 0.488 e. The fraction of sp³-hybridized carbons (Fsp3) is 0.364. The number of anilines is 1. The molecule has 3 N–H and O–H groups in total. The van der Waals surface area contributed by atoms with Gasteiger partial charge in [-0.15, -0.1) is 0 Å². The van der Waals surface area contributed by atoms with Crippen molar-refractivity contribution in [1.29, 1.82) is 5.26 Å². The molecule has 2 aromatic rings. The fourth-order valence-corrected chi connectivity index (χ4v) is 4.76. The summed E-state index contributed by atoms with van der Waals surface area (Å²) in [5, 5.41) is 22.2. The number of ether oxygens (including phenoxy) is 1. The Hall–Kier alpha value is -3.31. The van der Waals surface area contributed by atoms with E-state index in [9.17, 15) is 23.6 Å². The summed E-state index contributed by atoms with van der Waals surface area (Å²) in [6.07, 6.45) is 2.01. The first kappa shape index (κ1) is 21.9. The van der Waals surface area contributed by atoms with Crippen molar-refractivity contribution in [2.24, 2.45) is 13.0 Å². The zero-order chi connectivity index (χ0) is 23.0. The number of amides is 1. The van der Waals surface area contributed by atoms with Gasteiger partial charge < -0.3 is 19.7 Å². The molecule has 166 valence electrons. The average Bonchev–Trinajstić information content (AvgIpc) is 3.52. The maximum atomic E-state index is 13.0. The molecule has 1 aromatic carbocycles. The monoisotopic (exact) mass is 454 g/mol. The fourth-order valence-electron chi connectivity index (χ4n) is 3.34. The molecule has 10 heteroatoms. The quantitative estimate of drug-likeness (QED) is 0.598. The SMILES string of the molecule is Cc1ccc(NC(=O)c2c3c(cn2C)S(=O)(=O)NC(C(O)C#CC2CC2)CO3)cc1C#N. The highest BCUT2D eigenvalue weighted by Gasteiger charge is 2.36. The Balaban J connectivity index is 1.61. The number of hydrogen-bond acceptors (Lipinski definition) is 6. The number of rotatable bonds is 3. The second kappa shape index (κ2) is 8.32. The number of aliphatic hydroxyl groups is 1. The van der Waals surface area contributed by atoms with Crippen molar-refractivity contribution in [3.8, 4) is 23.7 Å². The van der Waals surface area contributed by atoms with E-state index in [-0.39, 0.29) is 28.9 Å². The van der Waals surface area contributed by atoms with Crippen LogP contribution >= 0.6 is 0 Å². The van der Waals surface area contributed by atoms with E-state index >= 15 is 0 Å². The first-order valence-electron chi connectivity index (χ1n) is 10.1. The van der Waals surface area contributed by atoms with Gasteiger partial charge in [-0.25, -0.2) is 13.1 Å². The Labute approximate surface area is 186 Å². The van der Waals surface area contributed by atoms with E-state index < -0.39 is 28.1 Å². The van der Waals surface area contributed by atoms with Crippen molar-refractivity contribution in [3.63, 3.8) is 0 Å². The van der Waals surface area contributed by atoms with E-state index in [1.165, 1.54) is 17.8 Å². The molecule has 0 saturated heterocycles. The minimum Gasteiger partial charge on any atom is -0.488 e. The van der Waals surface area contributed by atoms with Gasteiger partial charge in [0.15, 0.2) is 11.4 Å². The summed E-state index contributed by atoms with van der Waals surface area (Å²) in [7, 11) is -2.53. The van der Waals surface area contributed by atoms with Gasteiger partial charge >= 0.3 is 0 Å². The Morgan fingerprint density at radius 1 is 1.41 bits per heavy atom. The van der Waals surface area contributed by atoms with Crippen molar-refractivity contribution in [1.82, 2.24) is 9.29 Å². The number of fused-ring (bicyclic) bond motifs is 1. The molecule has 1 aliphatic carbocycles. The minimum absolute atomic E-state index is 0.00339. The van der Waals surface area contributed by atoms with Gasteiger partial charge in [-0.05, 0) is 37.5 Å². The molecule has 2 unspecified atom stereocenters. The van der Waals surface area contributed by atoms with Crippen molar-refractivity contribution >= 4 is 21.6 Å². The Kier molecular flexibility index (Phi) is 5.70. The summed E-state index contributed by atoms with van der Waals surface area (Å²) in [5.41, 5.74) is 1.59. The topological polar surface area (TPSA) is 133 Å². The summed E-state index contributed by atoms with van der Waals surface area (Å²) in [6.45, 7) is 1.59. The first-order valence-corrected chi connectivity index (χ1v) is 11.5. The van der Waals surface area contributed by atoms with Crippen LogP contribution in [-0.2, 0) is 17.1 Å². The molecule has 1 aliphatic heterocycles. The van der Waals surface area contributed by atoms with Crippen LogP contribution in [0.25, 0.3) is 0 Å².